The molecule has 1 N–H and O–H groups in total. The van der Waals surface area contributed by atoms with Crippen LogP contribution in [0, 0.1) is 5.92 Å². The second-order valence-electron chi connectivity index (χ2n) is 5.28. The highest BCUT2D eigenvalue weighted by Crippen LogP contribution is 2.33. The van der Waals surface area contributed by atoms with Gasteiger partial charge in [0.2, 0.25) is 0 Å². The highest BCUT2D eigenvalue weighted by Gasteiger charge is 2.16. The highest BCUT2D eigenvalue weighted by atomic mass is 16.5. The van der Waals surface area contributed by atoms with Crippen molar-refractivity contribution in [2.45, 2.75) is 13.8 Å². The lowest BCUT2D eigenvalue weighted by Crippen LogP contribution is -2.43. The summed E-state index contributed by atoms with van der Waals surface area (Å²) in [6.07, 6.45) is 0. The summed E-state index contributed by atoms with van der Waals surface area (Å²) < 4.78 is 11.3. The molecule has 0 spiro atoms. The smallest absolute Gasteiger partial charge is 0.142 e. The molecule has 0 aliphatic carbocycles. The third-order valence-electron chi connectivity index (χ3n) is 3.20. The van der Waals surface area contributed by atoms with Gasteiger partial charge in [-0.15, -0.1) is 0 Å². The third-order valence-corrected chi connectivity index (χ3v) is 3.20. The lowest BCUT2D eigenvalue weighted by molar-refractivity contribution is 0.270. The van der Waals surface area contributed by atoms with E-state index in [9.17, 15) is 0 Å². The molecule has 2 rings (SSSR count). The second-order valence-corrected chi connectivity index (χ2v) is 5.28. The van der Waals surface area contributed by atoms with Crippen LogP contribution in [0.15, 0.2) is 18.2 Å². The van der Waals surface area contributed by atoms with Crippen LogP contribution in [0.3, 0.4) is 0 Å². The van der Waals surface area contributed by atoms with Crippen molar-refractivity contribution < 1.29 is 9.47 Å². The first kappa shape index (κ1) is 14.0. The topological polar surface area (TPSA) is 33.7 Å². The molecule has 4 heteroatoms. The fourth-order valence-corrected chi connectivity index (χ4v) is 2.16. The summed E-state index contributed by atoms with van der Waals surface area (Å²) in [5, 5.41) is 3.37. The van der Waals surface area contributed by atoms with E-state index < -0.39 is 0 Å². The van der Waals surface area contributed by atoms with Gasteiger partial charge in [0.15, 0.2) is 0 Å². The van der Waals surface area contributed by atoms with Crippen LogP contribution in [0.5, 0.6) is 11.5 Å². The minimum atomic E-state index is 0.526. The molecule has 1 aliphatic rings. The van der Waals surface area contributed by atoms with E-state index in [0.29, 0.717) is 5.92 Å². The van der Waals surface area contributed by atoms with Crippen molar-refractivity contribution in [2.24, 2.45) is 5.92 Å². The Kier molecular flexibility index (Phi) is 4.91. The predicted octanol–water partition coefficient (Wildman–Crippen LogP) is 2.14. The minimum Gasteiger partial charge on any atom is -0.497 e. The molecule has 0 atom stereocenters. The lowest BCUT2D eigenvalue weighted by atomic mass is 10.2. The maximum Gasteiger partial charge on any atom is 0.142 e. The molecule has 0 bridgehead atoms. The zero-order valence-electron chi connectivity index (χ0n) is 12.1. The standard InChI is InChI=1S/C15H24N2O2/c1-12(2)11-19-15-5-4-13(18-3)10-14(15)17-8-6-16-7-9-17/h4-5,10,12,16H,6-9,11H2,1-3H3. The van der Waals surface area contributed by atoms with Gasteiger partial charge in [-0.3, -0.25) is 0 Å². The van der Waals surface area contributed by atoms with Gasteiger partial charge >= 0.3 is 0 Å². The van der Waals surface area contributed by atoms with Crippen LogP contribution in [-0.4, -0.2) is 39.9 Å². The summed E-state index contributed by atoms with van der Waals surface area (Å²) in [4.78, 5) is 2.36. The van der Waals surface area contributed by atoms with Crippen LogP contribution < -0.4 is 19.7 Å². The number of ether oxygens (including phenoxy) is 2. The molecule has 1 heterocycles. The summed E-state index contributed by atoms with van der Waals surface area (Å²) in [5.74, 6) is 2.36. The quantitative estimate of drug-likeness (QED) is 0.883. The molecular formula is C15H24N2O2. The number of nitrogens with zero attached hydrogens (tertiary/aromatic N) is 1. The molecule has 0 aromatic heterocycles. The van der Waals surface area contributed by atoms with Gasteiger partial charge in [0.25, 0.3) is 0 Å². The molecule has 0 amide bonds. The molecule has 4 nitrogen and oxygen atoms in total. The average Bonchev–Trinajstić information content (AvgIpc) is 2.46. The van der Waals surface area contributed by atoms with E-state index in [1.165, 1.54) is 0 Å². The normalized spacial score (nSPS) is 15.7. The van der Waals surface area contributed by atoms with Crippen molar-refractivity contribution >= 4 is 5.69 Å². The predicted molar refractivity (Wildman–Crippen MR) is 78.4 cm³/mol. The third kappa shape index (κ3) is 3.77. The molecule has 1 fully saturated rings. The van der Waals surface area contributed by atoms with E-state index >= 15 is 0 Å². The molecule has 1 aromatic carbocycles. The lowest BCUT2D eigenvalue weighted by Gasteiger charge is -2.31. The van der Waals surface area contributed by atoms with Crippen molar-refractivity contribution in [3.8, 4) is 11.5 Å². The summed E-state index contributed by atoms with van der Waals surface area (Å²) in [5.41, 5.74) is 1.14. The first-order chi connectivity index (χ1) is 9.20. The molecule has 1 aromatic rings. The number of rotatable bonds is 5. The van der Waals surface area contributed by atoms with Gasteiger partial charge in [0.1, 0.15) is 11.5 Å². The van der Waals surface area contributed by atoms with Gasteiger partial charge < -0.3 is 19.7 Å². The zero-order valence-corrected chi connectivity index (χ0v) is 12.1. The van der Waals surface area contributed by atoms with Crippen molar-refractivity contribution in [1.29, 1.82) is 0 Å². The summed E-state index contributed by atoms with van der Waals surface area (Å²) in [6, 6.07) is 6.04. The van der Waals surface area contributed by atoms with E-state index in [1.807, 2.05) is 12.1 Å². The molecule has 1 aliphatic heterocycles. The Bertz CT molecular complexity index is 401. The van der Waals surface area contributed by atoms with Crippen molar-refractivity contribution in [3.05, 3.63) is 18.2 Å². The number of methoxy groups -OCH3 is 1. The summed E-state index contributed by atoms with van der Waals surface area (Å²) >= 11 is 0. The van der Waals surface area contributed by atoms with Gasteiger partial charge in [-0.2, -0.15) is 0 Å². The van der Waals surface area contributed by atoms with Crippen LogP contribution in [0.25, 0.3) is 0 Å². The van der Waals surface area contributed by atoms with Gasteiger partial charge in [0, 0.05) is 32.2 Å². The van der Waals surface area contributed by atoms with Crippen LogP contribution in [0.2, 0.25) is 0 Å². The Labute approximate surface area is 115 Å². The fourth-order valence-electron chi connectivity index (χ4n) is 2.16. The van der Waals surface area contributed by atoms with E-state index in [1.54, 1.807) is 7.11 Å². The maximum atomic E-state index is 5.93. The largest absolute Gasteiger partial charge is 0.497 e. The molecule has 0 radical (unpaired) electrons. The Morgan fingerprint density at radius 2 is 2.00 bits per heavy atom. The van der Waals surface area contributed by atoms with E-state index in [2.05, 4.69) is 30.1 Å². The average molecular weight is 264 g/mol. The number of piperazine rings is 1. The van der Waals surface area contributed by atoms with E-state index in [-0.39, 0.29) is 0 Å². The number of hydrogen-bond donors (Lipinski definition) is 1. The first-order valence-corrected chi connectivity index (χ1v) is 6.97. The summed E-state index contributed by atoms with van der Waals surface area (Å²) in [6.45, 7) is 9.10. The fraction of sp³-hybridized carbons (Fsp3) is 0.600. The first-order valence-electron chi connectivity index (χ1n) is 6.97. The monoisotopic (exact) mass is 264 g/mol. The van der Waals surface area contributed by atoms with Gasteiger partial charge in [-0.25, -0.2) is 0 Å². The Morgan fingerprint density at radius 1 is 1.26 bits per heavy atom. The van der Waals surface area contributed by atoms with Crippen LogP contribution >= 0.6 is 0 Å². The highest BCUT2D eigenvalue weighted by molar-refractivity contribution is 5.62. The van der Waals surface area contributed by atoms with Crippen molar-refractivity contribution in [1.82, 2.24) is 5.32 Å². The van der Waals surface area contributed by atoms with Crippen molar-refractivity contribution in [2.75, 3.05) is 44.8 Å². The SMILES string of the molecule is COc1ccc(OCC(C)C)c(N2CCNCC2)c1. The van der Waals surface area contributed by atoms with Crippen molar-refractivity contribution in [3.63, 3.8) is 0 Å². The van der Waals surface area contributed by atoms with E-state index in [0.717, 1.165) is 50.0 Å². The molecule has 106 valence electrons. The number of anilines is 1. The van der Waals surface area contributed by atoms with Gasteiger partial charge in [0.05, 0.1) is 19.4 Å². The number of benzene rings is 1. The molecule has 19 heavy (non-hydrogen) atoms. The van der Waals surface area contributed by atoms with Gasteiger partial charge in [-0.05, 0) is 18.1 Å². The molecular weight excluding hydrogens is 240 g/mol. The Morgan fingerprint density at radius 3 is 2.63 bits per heavy atom. The second kappa shape index (κ2) is 6.66. The van der Waals surface area contributed by atoms with Crippen LogP contribution in [0.4, 0.5) is 5.69 Å². The van der Waals surface area contributed by atoms with E-state index in [4.69, 9.17) is 9.47 Å². The maximum absolute atomic E-state index is 5.93. The van der Waals surface area contributed by atoms with Crippen LogP contribution in [-0.2, 0) is 0 Å². The van der Waals surface area contributed by atoms with Gasteiger partial charge in [-0.1, -0.05) is 13.8 Å². The zero-order chi connectivity index (χ0) is 13.7. The Balaban J connectivity index is 2.19. The van der Waals surface area contributed by atoms with Crippen LogP contribution in [0.1, 0.15) is 13.8 Å². The Hall–Kier alpha value is -1.42. The minimum absolute atomic E-state index is 0.526. The number of hydrogen-bond acceptors (Lipinski definition) is 4. The molecule has 1 saturated heterocycles. The summed E-state index contributed by atoms with van der Waals surface area (Å²) in [7, 11) is 1.70. The molecule has 0 unspecified atom stereocenters. The number of nitrogens with one attached hydrogen (secondary N) is 1. The molecule has 0 saturated carbocycles.